The molecular formula is C14H18O5. The number of carbonyl (C=O) groups excluding carboxylic acids is 2. The maximum absolute atomic E-state index is 10.8. The Morgan fingerprint density at radius 3 is 2.00 bits per heavy atom. The molecule has 0 unspecified atom stereocenters. The summed E-state index contributed by atoms with van der Waals surface area (Å²) in [6.07, 6.45) is 0. The van der Waals surface area contributed by atoms with Gasteiger partial charge in [-0.2, -0.15) is 0 Å². The van der Waals surface area contributed by atoms with E-state index in [1.165, 1.54) is 13.8 Å². The molecule has 1 aromatic carbocycles. The minimum atomic E-state index is -0.370. The standard InChI is InChI=1S/C14H18O5/c1-9-4-14(8-19-11(3)17)12(6-15)5-13(9)7-18-10(2)16/h4-5,15H,6-8H2,1-3H3. The highest BCUT2D eigenvalue weighted by Crippen LogP contribution is 2.19. The van der Waals surface area contributed by atoms with Crippen molar-refractivity contribution in [3.05, 3.63) is 34.4 Å². The maximum Gasteiger partial charge on any atom is 0.302 e. The predicted octanol–water partition coefficient (Wildman–Crippen LogP) is 1.61. The molecule has 0 heterocycles. The van der Waals surface area contributed by atoms with Crippen LogP contribution in [0.5, 0.6) is 0 Å². The van der Waals surface area contributed by atoms with Gasteiger partial charge in [-0.15, -0.1) is 0 Å². The highest BCUT2D eigenvalue weighted by Gasteiger charge is 2.09. The number of esters is 2. The Balaban J connectivity index is 2.92. The van der Waals surface area contributed by atoms with Crippen LogP contribution in [0.3, 0.4) is 0 Å². The number of hydrogen-bond acceptors (Lipinski definition) is 5. The number of aliphatic hydroxyl groups is 1. The number of carbonyl (C=O) groups is 2. The Labute approximate surface area is 112 Å². The second kappa shape index (κ2) is 6.89. The smallest absolute Gasteiger partial charge is 0.302 e. The molecule has 0 saturated heterocycles. The van der Waals surface area contributed by atoms with E-state index in [0.29, 0.717) is 5.56 Å². The molecule has 0 saturated carbocycles. The summed E-state index contributed by atoms with van der Waals surface area (Å²) in [4.78, 5) is 21.6. The van der Waals surface area contributed by atoms with Crippen LogP contribution in [0, 0.1) is 6.92 Å². The molecule has 1 aromatic rings. The molecule has 0 fully saturated rings. The Morgan fingerprint density at radius 2 is 1.53 bits per heavy atom. The number of hydrogen-bond donors (Lipinski definition) is 1. The van der Waals surface area contributed by atoms with Gasteiger partial charge in [0, 0.05) is 13.8 Å². The minimum Gasteiger partial charge on any atom is -0.461 e. The molecule has 5 heteroatoms. The first-order valence-electron chi connectivity index (χ1n) is 5.93. The minimum absolute atomic E-state index is 0.125. The van der Waals surface area contributed by atoms with Crippen molar-refractivity contribution in [2.24, 2.45) is 0 Å². The van der Waals surface area contributed by atoms with E-state index in [1.807, 2.05) is 13.0 Å². The van der Waals surface area contributed by atoms with Crippen LogP contribution in [0.1, 0.15) is 36.1 Å². The van der Waals surface area contributed by atoms with Gasteiger partial charge in [0.15, 0.2) is 0 Å². The molecule has 0 aliphatic rings. The van der Waals surface area contributed by atoms with E-state index in [1.54, 1.807) is 6.07 Å². The van der Waals surface area contributed by atoms with Crippen LogP contribution >= 0.6 is 0 Å². The molecule has 0 spiro atoms. The number of ether oxygens (including phenoxy) is 2. The van der Waals surface area contributed by atoms with Gasteiger partial charge in [-0.1, -0.05) is 6.07 Å². The molecule has 1 rings (SSSR count). The Hall–Kier alpha value is -1.88. The maximum atomic E-state index is 10.8. The van der Waals surface area contributed by atoms with Gasteiger partial charge >= 0.3 is 11.9 Å². The van der Waals surface area contributed by atoms with E-state index < -0.39 is 0 Å². The lowest BCUT2D eigenvalue weighted by atomic mass is 10.00. The zero-order chi connectivity index (χ0) is 14.4. The molecule has 1 N–H and O–H groups in total. The molecule has 0 bridgehead atoms. The molecule has 0 aromatic heterocycles. The van der Waals surface area contributed by atoms with Crippen molar-refractivity contribution in [3.63, 3.8) is 0 Å². The molecule has 0 aliphatic heterocycles. The van der Waals surface area contributed by atoms with Gasteiger partial charge < -0.3 is 14.6 Å². The summed E-state index contributed by atoms with van der Waals surface area (Å²) in [6, 6.07) is 3.59. The third kappa shape index (κ3) is 4.71. The van der Waals surface area contributed by atoms with E-state index in [9.17, 15) is 14.7 Å². The number of benzene rings is 1. The van der Waals surface area contributed by atoms with Gasteiger partial charge in [0.2, 0.25) is 0 Å². The lowest BCUT2D eigenvalue weighted by molar-refractivity contribution is -0.143. The van der Waals surface area contributed by atoms with Crippen LogP contribution in [0.4, 0.5) is 0 Å². The van der Waals surface area contributed by atoms with Crippen molar-refractivity contribution in [2.45, 2.75) is 40.6 Å². The SMILES string of the molecule is CC(=O)OCc1cc(CO)c(COC(C)=O)cc1C. The van der Waals surface area contributed by atoms with E-state index in [2.05, 4.69) is 0 Å². The summed E-state index contributed by atoms with van der Waals surface area (Å²) in [5.41, 5.74) is 3.15. The van der Waals surface area contributed by atoms with Crippen LogP contribution in [0.25, 0.3) is 0 Å². The lowest BCUT2D eigenvalue weighted by Gasteiger charge is -2.13. The average Bonchev–Trinajstić information content (AvgIpc) is 2.34. The Kier molecular flexibility index (Phi) is 5.51. The summed E-state index contributed by atoms with van der Waals surface area (Å²) in [7, 11) is 0. The van der Waals surface area contributed by atoms with E-state index >= 15 is 0 Å². The van der Waals surface area contributed by atoms with Crippen molar-refractivity contribution in [1.29, 1.82) is 0 Å². The van der Waals surface area contributed by atoms with Gasteiger partial charge in [-0.05, 0) is 35.2 Å². The summed E-state index contributed by atoms with van der Waals surface area (Å²) in [5, 5.41) is 9.33. The Morgan fingerprint density at radius 1 is 1.00 bits per heavy atom. The molecule has 19 heavy (non-hydrogen) atoms. The first kappa shape index (κ1) is 15.2. The second-order valence-electron chi connectivity index (χ2n) is 4.27. The highest BCUT2D eigenvalue weighted by molar-refractivity contribution is 5.66. The fraction of sp³-hybridized carbons (Fsp3) is 0.429. The van der Waals surface area contributed by atoms with Crippen molar-refractivity contribution in [2.75, 3.05) is 0 Å². The quantitative estimate of drug-likeness (QED) is 0.820. The predicted molar refractivity (Wildman–Crippen MR) is 68.0 cm³/mol. The normalized spacial score (nSPS) is 10.1. The number of aryl methyl sites for hydroxylation is 1. The van der Waals surface area contributed by atoms with E-state index in [-0.39, 0.29) is 31.8 Å². The molecule has 0 aliphatic carbocycles. The van der Waals surface area contributed by atoms with Gasteiger partial charge in [-0.3, -0.25) is 9.59 Å². The van der Waals surface area contributed by atoms with Crippen LogP contribution in [-0.4, -0.2) is 17.0 Å². The second-order valence-corrected chi connectivity index (χ2v) is 4.27. The van der Waals surface area contributed by atoms with Crippen molar-refractivity contribution in [1.82, 2.24) is 0 Å². The topological polar surface area (TPSA) is 72.8 Å². The summed E-state index contributed by atoms with van der Waals surface area (Å²) >= 11 is 0. The number of aliphatic hydroxyl groups excluding tert-OH is 1. The lowest BCUT2D eigenvalue weighted by Crippen LogP contribution is -2.06. The molecule has 104 valence electrons. The van der Waals surface area contributed by atoms with Crippen molar-refractivity contribution in [3.8, 4) is 0 Å². The summed E-state index contributed by atoms with van der Waals surface area (Å²) in [6.45, 7) is 4.68. The largest absolute Gasteiger partial charge is 0.461 e. The van der Waals surface area contributed by atoms with E-state index in [0.717, 1.165) is 16.7 Å². The zero-order valence-electron chi connectivity index (χ0n) is 11.4. The van der Waals surface area contributed by atoms with Gasteiger partial charge in [0.05, 0.1) is 6.61 Å². The third-order valence-corrected chi connectivity index (χ3v) is 2.69. The molecule has 0 atom stereocenters. The van der Waals surface area contributed by atoms with Crippen molar-refractivity contribution < 1.29 is 24.2 Å². The first-order chi connectivity index (χ1) is 8.93. The van der Waals surface area contributed by atoms with Gasteiger partial charge in [0.25, 0.3) is 0 Å². The van der Waals surface area contributed by atoms with Crippen LogP contribution in [-0.2, 0) is 38.9 Å². The van der Waals surface area contributed by atoms with Gasteiger partial charge in [-0.25, -0.2) is 0 Å². The molecular weight excluding hydrogens is 248 g/mol. The van der Waals surface area contributed by atoms with Crippen molar-refractivity contribution >= 4 is 11.9 Å². The van der Waals surface area contributed by atoms with Crippen LogP contribution in [0.2, 0.25) is 0 Å². The molecule has 0 radical (unpaired) electrons. The average molecular weight is 266 g/mol. The number of rotatable bonds is 5. The highest BCUT2D eigenvalue weighted by atomic mass is 16.5. The van der Waals surface area contributed by atoms with Gasteiger partial charge in [0.1, 0.15) is 13.2 Å². The molecule has 5 nitrogen and oxygen atoms in total. The van der Waals surface area contributed by atoms with E-state index in [4.69, 9.17) is 9.47 Å². The van der Waals surface area contributed by atoms with Crippen LogP contribution < -0.4 is 0 Å². The third-order valence-electron chi connectivity index (χ3n) is 2.69. The monoisotopic (exact) mass is 266 g/mol. The first-order valence-corrected chi connectivity index (χ1v) is 5.93. The fourth-order valence-corrected chi connectivity index (χ4v) is 1.66. The van der Waals surface area contributed by atoms with Crippen LogP contribution in [0.15, 0.2) is 12.1 Å². The summed E-state index contributed by atoms with van der Waals surface area (Å²) in [5.74, 6) is -0.723. The summed E-state index contributed by atoms with van der Waals surface area (Å²) < 4.78 is 9.87. The zero-order valence-corrected chi connectivity index (χ0v) is 11.4. The fourth-order valence-electron chi connectivity index (χ4n) is 1.66. The molecule has 0 amide bonds. The Bertz CT molecular complexity index is 479.